The molecule has 1 aliphatic heterocycles. The van der Waals surface area contributed by atoms with Crippen LogP contribution in [0.3, 0.4) is 0 Å². The van der Waals surface area contributed by atoms with Crippen LogP contribution < -0.4 is 10.2 Å². The summed E-state index contributed by atoms with van der Waals surface area (Å²) in [5.74, 6) is 0.349. The highest BCUT2D eigenvalue weighted by Crippen LogP contribution is 2.36. The largest absolute Gasteiger partial charge is 0.326 e. The minimum Gasteiger partial charge on any atom is -0.326 e. The van der Waals surface area contributed by atoms with Crippen LogP contribution >= 0.6 is 23.2 Å². The van der Waals surface area contributed by atoms with Crippen molar-refractivity contribution < 1.29 is 9.72 Å². The summed E-state index contributed by atoms with van der Waals surface area (Å²) in [6.07, 6.45) is 3.43. The van der Waals surface area contributed by atoms with Gasteiger partial charge in [0.15, 0.2) is 0 Å². The molecule has 2 aromatic carbocycles. The standard InChI is InChI=1S/C22H18Cl2N4O3/c1-13-9-15(23)12-25-21(13)27-8-2-3-14-10-16(4-7-20(14)27)26-22(29)18-11-17(28(30)31)5-6-19(18)24/h4-7,9-12H,2-3,8H2,1H3,(H,26,29). The van der Waals surface area contributed by atoms with E-state index in [1.54, 1.807) is 12.3 Å². The molecule has 0 unspecified atom stereocenters. The van der Waals surface area contributed by atoms with Gasteiger partial charge in [-0.05, 0) is 61.2 Å². The monoisotopic (exact) mass is 456 g/mol. The summed E-state index contributed by atoms with van der Waals surface area (Å²) in [5.41, 5.74) is 3.53. The smallest absolute Gasteiger partial charge is 0.270 e. The SMILES string of the molecule is Cc1cc(Cl)cnc1N1CCCc2cc(NC(=O)c3cc([N+](=O)[O-])ccc3Cl)ccc21. The normalized spacial score (nSPS) is 12.9. The van der Waals surface area contributed by atoms with Gasteiger partial charge in [-0.15, -0.1) is 0 Å². The van der Waals surface area contributed by atoms with E-state index in [1.165, 1.54) is 18.2 Å². The minimum absolute atomic E-state index is 0.0520. The molecule has 0 radical (unpaired) electrons. The minimum atomic E-state index is -0.562. The van der Waals surface area contributed by atoms with Gasteiger partial charge in [-0.2, -0.15) is 0 Å². The van der Waals surface area contributed by atoms with Crippen LogP contribution in [0.15, 0.2) is 48.7 Å². The molecule has 2 heterocycles. The lowest BCUT2D eigenvalue weighted by Gasteiger charge is -2.31. The maximum absolute atomic E-state index is 12.7. The second-order valence-corrected chi connectivity index (χ2v) is 8.11. The number of anilines is 3. The van der Waals surface area contributed by atoms with E-state index in [4.69, 9.17) is 23.2 Å². The number of nitrogens with one attached hydrogen (secondary N) is 1. The molecule has 31 heavy (non-hydrogen) atoms. The second kappa shape index (κ2) is 8.53. The van der Waals surface area contributed by atoms with Gasteiger partial charge in [0.2, 0.25) is 0 Å². The summed E-state index contributed by atoms with van der Waals surface area (Å²) in [7, 11) is 0. The third-order valence-electron chi connectivity index (χ3n) is 5.13. The van der Waals surface area contributed by atoms with Crippen molar-refractivity contribution in [1.82, 2.24) is 4.98 Å². The summed E-state index contributed by atoms with van der Waals surface area (Å²) in [5, 5.41) is 14.5. The fraction of sp³-hybridized carbons (Fsp3) is 0.182. The highest BCUT2D eigenvalue weighted by atomic mass is 35.5. The Morgan fingerprint density at radius 2 is 2.00 bits per heavy atom. The van der Waals surface area contributed by atoms with Gasteiger partial charge < -0.3 is 10.2 Å². The van der Waals surface area contributed by atoms with Gasteiger partial charge in [0.1, 0.15) is 5.82 Å². The number of hydrogen-bond donors (Lipinski definition) is 1. The Morgan fingerprint density at radius 3 is 2.74 bits per heavy atom. The van der Waals surface area contributed by atoms with E-state index in [0.29, 0.717) is 10.7 Å². The number of non-ortho nitro benzene ring substituents is 1. The Hall–Kier alpha value is -3.16. The van der Waals surface area contributed by atoms with Crippen LogP contribution in [0.2, 0.25) is 10.0 Å². The first-order valence-corrected chi connectivity index (χ1v) is 10.4. The Morgan fingerprint density at radius 1 is 1.19 bits per heavy atom. The molecular formula is C22H18Cl2N4O3. The van der Waals surface area contributed by atoms with E-state index in [-0.39, 0.29) is 16.3 Å². The van der Waals surface area contributed by atoms with E-state index in [2.05, 4.69) is 15.2 Å². The van der Waals surface area contributed by atoms with Gasteiger partial charge in [0.05, 0.1) is 20.5 Å². The number of benzene rings is 2. The zero-order chi connectivity index (χ0) is 22.1. The third-order valence-corrected chi connectivity index (χ3v) is 5.67. The summed E-state index contributed by atoms with van der Waals surface area (Å²) in [6, 6.07) is 11.3. The molecule has 1 aromatic heterocycles. The molecule has 9 heteroatoms. The number of nitro groups is 1. The highest BCUT2D eigenvalue weighted by molar-refractivity contribution is 6.34. The molecular weight excluding hydrogens is 439 g/mol. The molecule has 4 rings (SSSR count). The molecule has 0 aliphatic carbocycles. The number of aromatic nitrogens is 1. The molecule has 0 fully saturated rings. The third kappa shape index (κ3) is 4.33. The van der Waals surface area contributed by atoms with Crippen LogP contribution in [-0.2, 0) is 6.42 Å². The summed E-state index contributed by atoms with van der Waals surface area (Å²) in [4.78, 5) is 29.8. The molecule has 0 bridgehead atoms. The van der Waals surface area contributed by atoms with Gasteiger partial charge in [0.25, 0.3) is 11.6 Å². The number of hydrogen-bond acceptors (Lipinski definition) is 5. The maximum Gasteiger partial charge on any atom is 0.270 e. The van der Waals surface area contributed by atoms with E-state index >= 15 is 0 Å². The maximum atomic E-state index is 12.7. The van der Waals surface area contributed by atoms with Crippen LogP contribution in [0.4, 0.5) is 22.9 Å². The van der Waals surface area contributed by atoms with E-state index in [0.717, 1.165) is 42.0 Å². The molecule has 7 nitrogen and oxygen atoms in total. The fourth-order valence-electron chi connectivity index (χ4n) is 3.71. The predicted octanol–water partition coefficient (Wildman–Crippen LogP) is 5.94. The quantitative estimate of drug-likeness (QED) is 0.387. The van der Waals surface area contributed by atoms with Crippen LogP contribution in [0, 0.1) is 17.0 Å². The first kappa shape index (κ1) is 21.1. The van der Waals surface area contributed by atoms with Crippen LogP contribution in [0.1, 0.15) is 27.9 Å². The molecule has 3 aromatic rings. The highest BCUT2D eigenvalue weighted by Gasteiger charge is 2.22. The molecule has 0 spiro atoms. The van der Waals surface area contributed by atoms with Gasteiger partial charge in [0, 0.05) is 36.2 Å². The fourth-order valence-corrected chi connectivity index (χ4v) is 4.13. The number of fused-ring (bicyclic) bond motifs is 1. The van der Waals surface area contributed by atoms with E-state index < -0.39 is 10.8 Å². The number of carbonyl (C=O) groups excluding carboxylic acids is 1. The summed E-state index contributed by atoms with van der Waals surface area (Å²) >= 11 is 12.1. The number of pyridine rings is 1. The van der Waals surface area contributed by atoms with Crippen LogP contribution in [0.5, 0.6) is 0 Å². The Labute approximate surface area is 188 Å². The topological polar surface area (TPSA) is 88.4 Å². The number of halogens is 2. The lowest BCUT2D eigenvalue weighted by molar-refractivity contribution is -0.384. The Bertz CT molecular complexity index is 1200. The molecule has 0 atom stereocenters. The van der Waals surface area contributed by atoms with Crippen LogP contribution in [-0.4, -0.2) is 22.4 Å². The van der Waals surface area contributed by atoms with E-state index in [9.17, 15) is 14.9 Å². The average Bonchev–Trinajstić information content (AvgIpc) is 2.73. The second-order valence-electron chi connectivity index (χ2n) is 7.27. The van der Waals surface area contributed by atoms with Crippen molar-refractivity contribution >= 4 is 52.0 Å². The van der Waals surface area contributed by atoms with Gasteiger partial charge in [-0.25, -0.2) is 4.98 Å². The number of amides is 1. The number of rotatable bonds is 4. The number of nitro benzene ring substituents is 1. The van der Waals surface area contributed by atoms with Crippen LogP contribution in [0.25, 0.3) is 0 Å². The molecule has 1 aliphatic rings. The number of carbonyl (C=O) groups is 1. The number of nitrogens with zero attached hydrogens (tertiary/aromatic N) is 3. The van der Waals surface area contributed by atoms with Crippen molar-refractivity contribution in [2.45, 2.75) is 19.8 Å². The molecule has 0 saturated heterocycles. The van der Waals surface area contributed by atoms with Gasteiger partial charge in [-0.3, -0.25) is 14.9 Å². The van der Waals surface area contributed by atoms with Gasteiger partial charge >= 0.3 is 0 Å². The van der Waals surface area contributed by atoms with Crippen molar-refractivity contribution in [2.24, 2.45) is 0 Å². The predicted molar refractivity (Wildman–Crippen MR) is 122 cm³/mol. The molecule has 1 N–H and O–H groups in total. The average molecular weight is 457 g/mol. The molecule has 0 saturated carbocycles. The van der Waals surface area contributed by atoms with Gasteiger partial charge in [-0.1, -0.05) is 23.2 Å². The van der Waals surface area contributed by atoms with Crippen molar-refractivity contribution in [3.8, 4) is 0 Å². The zero-order valence-electron chi connectivity index (χ0n) is 16.6. The lowest BCUT2D eigenvalue weighted by atomic mass is 10.00. The Kier molecular flexibility index (Phi) is 5.80. The van der Waals surface area contributed by atoms with Crippen molar-refractivity contribution in [3.63, 3.8) is 0 Å². The zero-order valence-corrected chi connectivity index (χ0v) is 18.1. The first-order chi connectivity index (χ1) is 14.8. The summed E-state index contributed by atoms with van der Waals surface area (Å²) < 4.78 is 0. The Balaban J connectivity index is 1.61. The number of aryl methyl sites for hydroxylation is 2. The molecule has 158 valence electrons. The summed E-state index contributed by atoms with van der Waals surface area (Å²) in [6.45, 7) is 2.80. The van der Waals surface area contributed by atoms with Crippen molar-refractivity contribution in [3.05, 3.63) is 85.5 Å². The van der Waals surface area contributed by atoms with E-state index in [1.807, 2.05) is 25.1 Å². The molecule has 1 amide bonds. The lowest BCUT2D eigenvalue weighted by Crippen LogP contribution is -2.26. The van der Waals surface area contributed by atoms with Crippen molar-refractivity contribution in [1.29, 1.82) is 0 Å². The van der Waals surface area contributed by atoms with Crippen molar-refractivity contribution in [2.75, 3.05) is 16.8 Å². The first-order valence-electron chi connectivity index (χ1n) is 9.61.